The van der Waals surface area contributed by atoms with Crippen LogP contribution in [0.25, 0.3) is 0 Å². The summed E-state index contributed by atoms with van der Waals surface area (Å²) in [5.74, 6) is 0.0840. The number of rotatable bonds is 5. The summed E-state index contributed by atoms with van der Waals surface area (Å²) in [5.41, 5.74) is 5.49. The molecule has 3 N–H and O–H groups in total. The molecule has 1 heterocycles. The van der Waals surface area contributed by atoms with Crippen molar-refractivity contribution in [2.45, 2.75) is 24.8 Å². The Bertz CT molecular complexity index is 461. The van der Waals surface area contributed by atoms with Crippen molar-refractivity contribution in [3.05, 3.63) is 16.4 Å². The molecule has 0 aromatic carbocycles. The van der Waals surface area contributed by atoms with Crippen molar-refractivity contribution in [2.24, 2.45) is 5.73 Å². The summed E-state index contributed by atoms with van der Waals surface area (Å²) in [4.78, 5) is 18.0. The molecule has 0 radical (unpaired) electrons. The first kappa shape index (κ1) is 12.5. The molecule has 18 heavy (non-hydrogen) atoms. The maximum atomic E-state index is 11.0. The summed E-state index contributed by atoms with van der Waals surface area (Å²) in [6, 6.07) is 0. The van der Waals surface area contributed by atoms with Gasteiger partial charge in [0.1, 0.15) is 6.33 Å². The van der Waals surface area contributed by atoms with Crippen LogP contribution in [0.2, 0.25) is 0 Å². The number of nitrogens with zero attached hydrogens (tertiary/aromatic N) is 3. The average molecular weight is 253 g/mol. The summed E-state index contributed by atoms with van der Waals surface area (Å²) in [6.45, 7) is 0.452. The zero-order valence-electron chi connectivity index (χ0n) is 10.0. The molecule has 0 atom stereocenters. The molecule has 0 unspecified atom stereocenters. The van der Waals surface area contributed by atoms with Crippen molar-refractivity contribution in [1.29, 1.82) is 0 Å². The number of nitro groups is 1. The summed E-state index contributed by atoms with van der Waals surface area (Å²) < 4.78 is 4.86. The first-order valence-corrected chi connectivity index (χ1v) is 5.62. The van der Waals surface area contributed by atoms with Crippen LogP contribution in [0.15, 0.2) is 6.33 Å². The van der Waals surface area contributed by atoms with Crippen molar-refractivity contribution < 1.29 is 9.66 Å². The molecular weight excluding hydrogens is 238 g/mol. The van der Waals surface area contributed by atoms with Gasteiger partial charge < -0.3 is 15.8 Å². The quantitative estimate of drug-likeness (QED) is 0.585. The number of ether oxygens (including phenoxy) is 1. The first-order valence-electron chi connectivity index (χ1n) is 5.62. The monoisotopic (exact) mass is 253 g/mol. The number of nitrogens with two attached hydrogens (primary N) is 1. The lowest BCUT2D eigenvalue weighted by molar-refractivity contribution is -0.385. The van der Waals surface area contributed by atoms with Gasteiger partial charge in [-0.1, -0.05) is 0 Å². The number of hydrogen-bond acceptors (Lipinski definition) is 7. The number of nitrogens with one attached hydrogen (secondary N) is 1. The van der Waals surface area contributed by atoms with E-state index in [-0.39, 0.29) is 22.9 Å². The van der Waals surface area contributed by atoms with E-state index in [4.69, 9.17) is 10.5 Å². The summed E-state index contributed by atoms with van der Waals surface area (Å²) in [7, 11) is 1.33. The van der Waals surface area contributed by atoms with Gasteiger partial charge in [-0.2, -0.15) is 4.98 Å². The van der Waals surface area contributed by atoms with E-state index in [1.165, 1.54) is 13.4 Å². The topological polar surface area (TPSA) is 116 Å². The van der Waals surface area contributed by atoms with E-state index in [2.05, 4.69) is 15.3 Å². The Morgan fingerprint density at radius 2 is 2.33 bits per heavy atom. The molecule has 98 valence electrons. The summed E-state index contributed by atoms with van der Waals surface area (Å²) >= 11 is 0. The van der Waals surface area contributed by atoms with E-state index in [9.17, 15) is 10.1 Å². The van der Waals surface area contributed by atoms with E-state index in [1.54, 1.807) is 0 Å². The van der Waals surface area contributed by atoms with Gasteiger partial charge in [0, 0.05) is 12.1 Å². The first-order chi connectivity index (χ1) is 8.56. The highest BCUT2D eigenvalue weighted by Crippen LogP contribution is 2.33. The van der Waals surface area contributed by atoms with Crippen molar-refractivity contribution in [2.75, 3.05) is 19.0 Å². The van der Waals surface area contributed by atoms with Gasteiger partial charge in [-0.15, -0.1) is 0 Å². The van der Waals surface area contributed by atoms with Gasteiger partial charge in [-0.3, -0.25) is 10.1 Å². The molecule has 0 saturated heterocycles. The van der Waals surface area contributed by atoms with Crippen LogP contribution in [-0.2, 0) is 0 Å². The van der Waals surface area contributed by atoms with Gasteiger partial charge in [0.2, 0.25) is 5.82 Å². The molecule has 0 aliphatic heterocycles. The van der Waals surface area contributed by atoms with Gasteiger partial charge in [-0.25, -0.2) is 4.98 Å². The molecule has 1 aromatic rings. The smallest absolute Gasteiger partial charge is 0.372 e. The van der Waals surface area contributed by atoms with E-state index in [0.717, 1.165) is 19.3 Å². The number of hydrogen-bond donors (Lipinski definition) is 2. The van der Waals surface area contributed by atoms with Crippen LogP contribution in [-0.4, -0.2) is 34.1 Å². The van der Waals surface area contributed by atoms with Crippen LogP contribution in [0.4, 0.5) is 11.5 Å². The Morgan fingerprint density at radius 3 is 2.83 bits per heavy atom. The lowest BCUT2D eigenvalue weighted by atomic mass is 9.78. The third-order valence-corrected chi connectivity index (χ3v) is 3.12. The van der Waals surface area contributed by atoms with Crippen molar-refractivity contribution in [1.82, 2.24) is 9.97 Å². The number of anilines is 1. The van der Waals surface area contributed by atoms with Crippen molar-refractivity contribution >= 4 is 11.5 Å². The maximum absolute atomic E-state index is 11.0. The lowest BCUT2D eigenvalue weighted by Gasteiger charge is -2.38. The van der Waals surface area contributed by atoms with Crippen LogP contribution in [0, 0.1) is 10.1 Å². The highest BCUT2D eigenvalue weighted by atomic mass is 16.6. The lowest BCUT2D eigenvalue weighted by Crippen LogP contribution is -2.52. The van der Waals surface area contributed by atoms with Gasteiger partial charge >= 0.3 is 5.69 Å². The molecule has 1 aliphatic rings. The molecule has 0 bridgehead atoms. The zero-order valence-corrected chi connectivity index (χ0v) is 10.0. The second-order valence-corrected chi connectivity index (χ2v) is 4.41. The van der Waals surface area contributed by atoms with Gasteiger partial charge in [-0.05, 0) is 19.3 Å². The normalized spacial score (nSPS) is 16.8. The summed E-state index contributed by atoms with van der Waals surface area (Å²) in [5, 5.41) is 13.9. The Kier molecular flexibility index (Phi) is 3.28. The standard InChI is InChI=1S/C10H15N5O3/c1-18-9-7(15(16)17)8(13-6-14-9)12-5-10(11)3-2-4-10/h6H,2-5,11H2,1H3,(H,12,13,14). The minimum atomic E-state index is -0.564. The second-order valence-electron chi connectivity index (χ2n) is 4.41. The molecule has 2 rings (SSSR count). The molecule has 1 saturated carbocycles. The summed E-state index contributed by atoms with van der Waals surface area (Å²) in [6.07, 6.45) is 4.14. The van der Waals surface area contributed by atoms with Crippen molar-refractivity contribution in [3.8, 4) is 5.88 Å². The predicted octanol–water partition coefficient (Wildman–Crippen LogP) is 0.687. The molecule has 0 amide bonds. The minimum Gasteiger partial charge on any atom is -0.476 e. The predicted molar refractivity (Wildman–Crippen MR) is 64.5 cm³/mol. The van der Waals surface area contributed by atoms with E-state index < -0.39 is 4.92 Å². The van der Waals surface area contributed by atoms with Gasteiger partial charge in [0.15, 0.2) is 0 Å². The molecule has 1 aliphatic carbocycles. The fourth-order valence-corrected chi connectivity index (χ4v) is 1.87. The third kappa shape index (κ3) is 2.33. The third-order valence-electron chi connectivity index (χ3n) is 3.12. The van der Waals surface area contributed by atoms with Crippen LogP contribution < -0.4 is 15.8 Å². The van der Waals surface area contributed by atoms with Gasteiger partial charge in [0.05, 0.1) is 12.0 Å². The van der Waals surface area contributed by atoms with Gasteiger partial charge in [0.25, 0.3) is 5.88 Å². The highest BCUT2D eigenvalue weighted by molar-refractivity contribution is 5.61. The Hall–Kier alpha value is -1.96. The highest BCUT2D eigenvalue weighted by Gasteiger charge is 2.33. The number of aromatic nitrogens is 2. The minimum absolute atomic E-state index is 0.0582. The fourth-order valence-electron chi connectivity index (χ4n) is 1.87. The number of methoxy groups -OCH3 is 1. The molecular formula is C10H15N5O3. The molecule has 1 fully saturated rings. The SMILES string of the molecule is COc1ncnc(NCC2(N)CCC2)c1[N+](=O)[O-]. The zero-order chi connectivity index (χ0) is 13.2. The molecule has 1 aromatic heterocycles. The molecule has 8 heteroatoms. The van der Waals surface area contributed by atoms with E-state index in [0.29, 0.717) is 6.54 Å². The Labute approximate surface area is 104 Å². The molecule has 8 nitrogen and oxygen atoms in total. The second kappa shape index (κ2) is 4.73. The van der Waals surface area contributed by atoms with Crippen LogP contribution >= 0.6 is 0 Å². The Balaban J connectivity index is 2.18. The van der Waals surface area contributed by atoms with Crippen LogP contribution in [0.3, 0.4) is 0 Å². The largest absolute Gasteiger partial charge is 0.476 e. The fraction of sp³-hybridized carbons (Fsp3) is 0.600. The van der Waals surface area contributed by atoms with Crippen molar-refractivity contribution in [3.63, 3.8) is 0 Å². The average Bonchev–Trinajstić information content (AvgIpc) is 2.33. The maximum Gasteiger partial charge on any atom is 0.372 e. The van der Waals surface area contributed by atoms with Crippen LogP contribution in [0.1, 0.15) is 19.3 Å². The molecule has 0 spiro atoms. The van der Waals surface area contributed by atoms with E-state index >= 15 is 0 Å². The Morgan fingerprint density at radius 1 is 1.61 bits per heavy atom. The van der Waals surface area contributed by atoms with E-state index in [1.807, 2.05) is 0 Å². The van der Waals surface area contributed by atoms with Crippen LogP contribution in [0.5, 0.6) is 5.88 Å².